The van der Waals surface area contributed by atoms with E-state index in [2.05, 4.69) is 9.47 Å². The topological polar surface area (TPSA) is 93.1 Å². The van der Waals surface area contributed by atoms with E-state index in [0.717, 1.165) is 0 Å². The molecule has 0 fully saturated rings. The molecule has 1 unspecified atom stereocenters. The Bertz CT molecular complexity index is 279. The van der Waals surface area contributed by atoms with Gasteiger partial charge in [-0.05, 0) is 6.92 Å². The molecule has 0 spiro atoms. The Morgan fingerprint density at radius 2 is 1.77 bits per heavy atom. The molecule has 1 aliphatic rings. The fourth-order valence-electron chi connectivity index (χ4n) is 0.727. The second kappa shape index (κ2) is 3.34. The standard InChI is InChI=1S/C7H8O6/c1-3-2-12-6(10)4(8)5(9)7(11)13-3/h3,8-9H,2H2,1H3/b5-4+. The predicted molar refractivity (Wildman–Crippen MR) is 38.8 cm³/mol. The van der Waals surface area contributed by atoms with Crippen LogP contribution >= 0.6 is 0 Å². The van der Waals surface area contributed by atoms with Gasteiger partial charge in [0.25, 0.3) is 11.5 Å². The van der Waals surface area contributed by atoms with Crippen molar-refractivity contribution in [2.75, 3.05) is 6.61 Å². The van der Waals surface area contributed by atoms with Crippen molar-refractivity contribution in [1.82, 2.24) is 0 Å². The van der Waals surface area contributed by atoms with Crippen LogP contribution in [0.5, 0.6) is 0 Å². The Morgan fingerprint density at radius 1 is 1.23 bits per heavy atom. The molecule has 0 bridgehead atoms. The minimum atomic E-state index is -1.14. The van der Waals surface area contributed by atoms with Crippen LogP contribution in [-0.4, -0.2) is 34.9 Å². The number of ether oxygens (including phenoxy) is 2. The summed E-state index contributed by atoms with van der Waals surface area (Å²) in [6.07, 6.45) is -0.647. The highest BCUT2D eigenvalue weighted by Gasteiger charge is 2.27. The molecule has 0 aromatic heterocycles. The van der Waals surface area contributed by atoms with Gasteiger partial charge in [0.1, 0.15) is 12.7 Å². The summed E-state index contributed by atoms with van der Waals surface area (Å²) < 4.78 is 8.98. The van der Waals surface area contributed by atoms with Gasteiger partial charge in [-0.3, -0.25) is 0 Å². The first-order valence-corrected chi connectivity index (χ1v) is 3.52. The number of aliphatic hydroxyl groups is 2. The second-order valence-corrected chi connectivity index (χ2v) is 2.51. The normalized spacial score (nSPS) is 30.1. The van der Waals surface area contributed by atoms with Crippen molar-refractivity contribution < 1.29 is 29.3 Å². The van der Waals surface area contributed by atoms with Crippen LogP contribution in [0.1, 0.15) is 6.92 Å². The molecule has 0 aromatic carbocycles. The first-order valence-electron chi connectivity index (χ1n) is 3.52. The predicted octanol–water partition coefficient (Wildman–Crippen LogP) is -0.198. The molecule has 1 aliphatic heterocycles. The van der Waals surface area contributed by atoms with Gasteiger partial charge in [-0.25, -0.2) is 9.59 Å². The van der Waals surface area contributed by atoms with Gasteiger partial charge in [0.15, 0.2) is 0 Å². The maximum absolute atomic E-state index is 10.8. The maximum atomic E-state index is 10.8. The lowest BCUT2D eigenvalue weighted by molar-refractivity contribution is -0.160. The molecule has 1 atom stereocenters. The van der Waals surface area contributed by atoms with Gasteiger partial charge in [0.05, 0.1) is 0 Å². The van der Waals surface area contributed by atoms with Crippen molar-refractivity contribution in [1.29, 1.82) is 0 Å². The van der Waals surface area contributed by atoms with Crippen LogP contribution in [0.4, 0.5) is 0 Å². The van der Waals surface area contributed by atoms with Crippen LogP contribution in [0, 0.1) is 0 Å². The van der Waals surface area contributed by atoms with E-state index in [-0.39, 0.29) is 6.61 Å². The summed E-state index contributed by atoms with van der Waals surface area (Å²) in [5.41, 5.74) is 0. The third-order valence-electron chi connectivity index (χ3n) is 1.37. The van der Waals surface area contributed by atoms with Gasteiger partial charge in [-0.1, -0.05) is 0 Å². The SMILES string of the molecule is CC1COC(=O)/C(O)=C(\O)C(=O)O1. The molecule has 1 rings (SSSR count). The Hall–Kier alpha value is -1.72. The second-order valence-electron chi connectivity index (χ2n) is 2.51. The van der Waals surface area contributed by atoms with Crippen molar-refractivity contribution in [3.05, 3.63) is 11.5 Å². The minimum Gasteiger partial charge on any atom is -0.499 e. The highest BCUT2D eigenvalue weighted by molar-refractivity contribution is 5.97. The fourth-order valence-corrected chi connectivity index (χ4v) is 0.727. The molecule has 0 aliphatic carbocycles. The van der Waals surface area contributed by atoms with Gasteiger partial charge < -0.3 is 19.7 Å². The number of rotatable bonds is 0. The summed E-state index contributed by atoms with van der Waals surface area (Å²) >= 11 is 0. The van der Waals surface area contributed by atoms with Crippen LogP contribution in [0.2, 0.25) is 0 Å². The zero-order valence-corrected chi connectivity index (χ0v) is 6.81. The van der Waals surface area contributed by atoms with Gasteiger partial charge in [0.2, 0.25) is 0 Å². The Kier molecular flexibility index (Phi) is 2.41. The van der Waals surface area contributed by atoms with Crippen LogP contribution in [0.25, 0.3) is 0 Å². The molecule has 0 saturated carbocycles. The van der Waals surface area contributed by atoms with Gasteiger partial charge in [-0.2, -0.15) is 0 Å². The van der Waals surface area contributed by atoms with Crippen LogP contribution in [0.15, 0.2) is 11.5 Å². The maximum Gasteiger partial charge on any atom is 0.378 e. The largest absolute Gasteiger partial charge is 0.499 e. The summed E-state index contributed by atoms with van der Waals surface area (Å²) in [6.45, 7) is 1.34. The first kappa shape index (κ1) is 9.37. The summed E-state index contributed by atoms with van der Waals surface area (Å²) in [6, 6.07) is 0. The highest BCUT2D eigenvalue weighted by atomic mass is 16.6. The van der Waals surface area contributed by atoms with Crippen molar-refractivity contribution in [2.24, 2.45) is 0 Å². The van der Waals surface area contributed by atoms with Crippen molar-refractivity contribution in [3.8, 4) is 0 Å². The van der Waals surface area contributed by atoms with E-state index in [9.17, 15) is 9.59 Å². The van der Waals surface area contributed by atoms with E-state index in [4.69, 9.17) is 10.2 Å². The smallest absolute Gasteiger partial charge is 0.378 e. The monoisotopic (exact) mass is 188 g/mol. The van der Waals surface area contributed by atoms with Gasteiger partial charge in [-0.15, -0.1) is 0 Å². The lowest BCUT2D eigenvalue weighted by Gasteiger charge is -2.16. The zero-order valence-electron chi connectivity index (χ0n) is 6.81. The number of carbonyl (C=O) groups is 2. The Morgan fingerprint density at radius 3 is 2.38 bits per heavy atom. The lowest BCUT2D eigenvalue weighted by atomic mass is 10.3. The number of aliphatic hydroxyl groups excluding tert-OH is 2. The summed E-state index contributed by atoms with van der Waals surface area (Å²) in [7, 11) is 0. The molecule has 0 saturated heterocycles. The number of cyclic esters (lactones) is 2. The molecule has 6 nitrogen and oxygen atoms in total. The zero-order chi connectivity index (χ0) is 10.0. The van der Waals surface area contributed by atoms with Crippen LogP contribution < -0.4 is 0 Å². The molecule has 72 valence electrons. The molecule has 2 N–H and O–H groups in total. The van der Waals surface area contributed by atoms with E-state index in [1.165, 1.54) is 6.92 Å². The van der Waals surface area contributed by atoms with E-state index < -0.39 is 29.6 Å². The quantitative estimate of drug-likeness (QED) is 0.511. The Balaban J connectivity index is 2.97. The third kappa shape index (κ3) is 1.90. The van der Waals surface area contributed by atoms with Crippen molar-refractivity contribution in [2.45, 2.75) is 13.0 Å². The summed E-state index contributed by atoms with van der Waals surface area (Å²) in [5.74, 6) is -4.53. The average Bonchev–Trinajstić information content (AvgIpc) is 2.10. The lowest BCUT2D eigenvalue weighted by Crippen LogP contribution is -2.28. The number of hydrogen-bond acceptors (Lipinski definition) is 6. The van der Waals surface area contributed by atoms with Crippen LogP contribution in [0.3, 0.4) is 0 Å². The van der Waals surface area contributed by atoms with Crippen molar-refractivity contribution >= 4 is 11.9 Å². The molecule has 0 amide bonds. The average molecular weight is 188 g/mol. The number of hydrogen-bond donors (Lipinski definition) is 2. The molecule has 0 aromatic rings. The van der Waals surface area contributed by atoms with Crippen molar-refractivity contribution in [3.63, 3.8) is 0 Å². The first-order chi connectivity index (χ1) is 6.02. The van der Waals surface area contributed by atoms with Crippen LogP contribution in [-0.2, 0) is 19.1 Å². The molecule has 6 heteroatoms. The minimum absolute atomic E-state index is 0.151. The van der Waals surface area contributed by atoms with E-state index >= 15 is 0 Å². The van der Waals surface area contributed by atoms with E-state index in [1.54, 1.807) is 0 Å². The molecular formula is C7H8O6. The van der Waals surface area contributed by atoms with Gasteiger partial charge >= 0.3 is 11.9 Å². The fraction of sp³-hybridized carbons (Fsp3) is 0.429. The summed E-state index contributed by atoms with van der Waals surface area (Å²) in [4.78, 5) is 21.6. The molecule has 1 heterocycles. The van der Waals surface area contributed by atoms with Gasteiger partial charge in [0, 0.05) is 0 Å². The van der Waals surface area contributed by atoms with E-state index in [0.29, 0.717) is 0 Å². The number of esters is 2. The molecular weight excluding hydrogens is 180 g/mol. The van der Waals surface area contributed by atoms with E-state index in [1.807, 2.05) is 0 Å². The summed E-state index contributed by atoms with van der Waals surface area (Å²) in [5, 5.41) is 17.8. The number of carbonyl (C=O) groups excluding carboxylic acids is 2. The Labute approximate surface area is 73.4 Å². The molecule has 0 radical (unpaired) electrons. The third-order valence-corrected chi connectivity index (χ3v) is 1.37. The highest BCUT2D eigenvalue weighted by Crippen LogP contribution is 2.09. The molecule has 13 heavy (non-hydrogen) atoms.